The second kappa shape index (κ2) is 10.9. The van der Waals surface area contributed by atoms with Gasteiger partial charge < -0.3 is 20.3 Å². The molecule has 2 amide bonds. The van der Waals surface area contributed by atoms with Gasteiger partial charge in [-0.3, -0.25) is 9.59 Å². The van der Waals surface area contributed by atoms with E-state index in [2.05, 4.69) is 29.5 Å². The number of aryl methyl sites for hydroxylation is 1. The molecule has 1 aromatic carbocycles. The fraction of sp³-hybridized carbons (Fsp3) is 0.450. The van der Waals surface area contributed by atoms with E-state index in [4.69, 9.17) is 0 Å². The van der Waals surface area contributed by atoms with Crippen molar-refractivity contribution in [1.82, 2.24) is 14.9 Å². The van der Waals surface area contributed by atoms with E-state index in [1.807, 2.05) is 31.2 Å². The minimum atomic E-state index is -0.220. The van der Waals surface area contributed by atoms with Gasteiger partial charge in [0.2, 0.25) is 11.8 Å². The lowest BCUT2D eigenvalue weighted by atomic mass is 10.1. The maximum atomic E-state index is 12.3. The van der Waals surface area contributed by atoms with E-state index in [0.717, 1.165) is 17.7 Å². The number of nitrogens with one attached hydrogen (secondary N) is 2. The number of aliphatic hydroxyl groups excluding tert-OH is 1. The zero-order chi connectivity index (χ0) is 20.5. The number of benzene rings is 1. The standard InChI is InChI=1S/C20H28N4O3S/c1-14(2)8-9-21-18(26)11-24-16(12-25)10-22-20(24)28-13-19(27)23-17-7-5-4-6-15(17)3/h4-7,10,14,25H,8-9,11-13H2,1-3H3,(H,21,26)(H,23,27). The second-order valence-electron chi connectivity index (χ2n) is 6.96. The third-order valence-corrected chi connectivity index (χ3v) is 5.15. The molecule has 7 nitrogen and oxygen atoms in total. The van der Waals surface area contributed by atoms with Crippen molar-refractivity contribution in [1.29, 1.82) is 0 Å². The predicted octanol–water partition coefficient (Wildman–Crippen LogP) is 2.58. The molecule has 2 rings (SSSR count). The molecule has 28 heavy (non-hydrogen) atoms. The first-order chi connectivity index (χ1) is 13.4. The predicted molar refractivity (Wildman–Crippen MR) is 111 cm³/mol. The molecule has 0 aliphatic carbocycles. The fourth-order valence-electron chi connectivity index (χ4n) is 2.53. The molecule has 3 N–H and O–H groups in total. The quantitative estimate of drug-likeness (QED) is 0.529. The van der Waals surface area contributed by atoms with E-state index in [1.54, 1.807) is 4.57 Å². The largest absolute Gasteiger partial charge is 0.390 e. The molecular weight excluding hydrogens is 376 g/mol. The van der Waals surface area contributed by atoms with Crippen LogP contribution in [0.25, 0.3) is 0 Å². The Balaban J connectivity index is 1.94. The first kappa shape index (κ1) is 22.0. The number of aromatic nitrogens is 2. The molecule has 0 bridgehead atoms. The van der Waals surface area contributed by atoms with Gasteiger partial charge in [-0.15, -0.1) is 0 Å². The molecule has 0 fully saturated rings. The van der Waals surface area contributed by atoms with Crippen molar-refractivity contribution in [3.63, 3.8) is 0 Å². The van der Waals surface area contributed by atoms with Crippen LogP contribution in [0.1, 0.15) is 31.5 Å². The number of hydrogen-bond acceptors (Lipinski definition) is 5. The highest BCUT2D eigenvalue weighted by Gasteiger charge is 2.15. The highest BCUT2D eigenvalue weighted by Crippen LogP contribution is 2.20. The zero-order valence-corrected chi connectivity index (χ0v) is 17.4. The molecule has 0 aliphatic rings. The van der Waals surface area contributed by atoms with Gasteiger partial charge in [0, 0.05) is 12.2 Å². The minimum Gasteiger partial charge on any atom is -0.390 e. The molecule has 1 aromatic heterocycles. The van der Waals surface area contributed by atoms with Crippen LogP contribution in [0.2, 0.25) is 0 Å². The molecule has 0 radical (unpaired) electrons. The van der Waals surface area contributed by atoms with Crippen LogP contribution in [-0.4, -0.2) is 38.8 Å². The van der Waals surface area contributed by atoms with Crippen LogP contribution < -0.4 is 10.6 Å². The molecule has 152 valence electrons. The number of aliphatic hydroxyl groups is 1. The normalized spacial score (nSPS) is 10.9. The van der Waals surface area contributed by atoms with Gasteiger partial charge in [-0.05, 0) is 30.9 Å². The first-order valence-electron chi connectivity index (χ1n) is 9.31. The molecule has 1 heterocycles. The summed E-state index contributed by atoms with van der Waals surface area (Å²) in [6, 6.07) is 7.57. The lowest BCUT2D eigenvalue weighted by Gasteiger charge is -2.12. The third kappa shape index (κ3) is 6.69. The average molecular weight is 405 g/mol. The van der Waals surface area contributed by atoms with Crippen LogP contribution in [0, 0.1) is 12.8 Å². The van der Waals surface area contributed by atoms with Gasteiger partial charge in [-0.1, -0.05) is 43.8 Å². The molecule has 2 aromatic rings. The Morgan fingerprint density at radius 2 is 2.00 bits per heavy atom. The number of carbonyl (C=O) groups is 2. The number of anilines is 1. The highest BCUT2D eigenvalue weighted by atomic mass is 32.2. The summed E-state index contributed by atoms with van der Waals surface area (Å²) in [7, 11) is 0. The second-order valence-corrected chi connectivity index (χ2v) is 7.90. The number of nitrogens with zero attached hydrogens (tertiary/aromatic N) is 2. The van der Waals surface area contributed by atoms with E-state index in [1.165, 1.54) is 18.0 Å². The van der Waals surface area contributed by atoms with Gasteiger partial charge in [-0.25, -0.2) is 4.98 Å². The summed E-state index contributed by atoms with van der Waals surface area (Å²) in [6.07, 6.45) is 2.44. The first-order valence-corrected chi connectivity index (χ1v) is 10.3. The van der Waals surface area contributed by atoms with Crippen LogP contribution in [0.4, 0.5) is 5.69 Å². The Bertz CT molecular complexity index is 804. The van der Waals surface area contributed by atoms with E-state index in [-0.39, 0.29) is 30.7 Å². The summed E-state index contributed by atoms with van der Waals surface area (Å²) in [5.74, 6) is 0.380. The van der Waals surface area contributed by atoms with Crippen molar-refractivity contribution in [2.75, 3.05) is 17.6 Å². The minimum absolute atomic E-state index is 0.0652. The number of amides is 2. The van der Waals surface area contributed by atoms with Crippen LogP contribution >= 0.6 is 11.8 Å². The molecule has 0 atom stereocenters. The number of thioether (sulfide) groups is 1. The Hall–Kier alpha value is -2.32. The van der Waals surface area contributed by atoms with Crippen molar-refractivity contribution >= 4 is 29.3 Å². The molecule has 0 saturated carbocycles. The van der Waals surface area contributed by atoms with Crippen molar-refractivity contribution < 1.29 is 14.7 Å². The molecule has 0 aliphatic heterocycles. The Labute approximate surface area is 169 Å². The van der Waals surface area contributed by atoms with Crippen LogP contribution in [-0.2, 0) is 22.7 Å². The number of carbonyl (C=O) groups excluding carboxylic acids is 2. The van der Waals surface area contributed by atoms with Crippen LogP contribution in [0.5, 0.6) is 0 Å². The van der Waals surface area contributed by atoms with E-state index in [9.17, 15) is 14.7 Å². The third-order valence-electron chi connectivity index (χ3n) is 4.16. The van der Waals surface area contributed by atoms with E-state index >= 15 is 0 Å². The number of rotatable bonds is 10. The van der Waals surface area contributed by atoms with Gasteiger partial charge in [0.05, 0.1) is 24.3 Å². The van der Waals surface area contributed by atoms with E-state index in [0.29, 0.717) is 23.3 Å². The Morgan fingerprint density at radius 1 is 1.25 bits per heavy atom. The van der Waals surface area contributed by atoms with Crippen molar-refractivity contribution in [2.24, 2.45) is 5.92 Å². The summed E-state index contributed by atoms with van der Waals surface area (Å²) < 4.78 is 1.65. The van der Waals surface area contributed by atoms with Crippen molar-refractivity contribution in [3.05, 3.63) is 41.7 Å². The van der Waals surface area contributed by atoms with Gasteiger partial charge in [-0.2, -0.15) is 0 Å². The molecule has 0 spiro atoms. The number of imidazole rings is 1. The van der Waals surface area contributed by atoms with Crippen LogP contribution in [0.3, 0.4) is 0 Å². The maximum absolute atomic E-state index is 12.3. The number of hydrogen-bond donors (Lipinski definition) is 3. The highest BCUT2D eigenvalue weighted by molar-refractivity contribution is 7.99. The maximum Gasteiger partial charge on any atom is 0.240 e. The monoisotopic (exact) mass is 404 g/mol. The topological polar surface area (TPSA) is 96.2 Å². The summed E-state index contributed by atoms with van der Waals surface area (Å²) >= 11 is 1.24. The SMILES string of the molecule is Cc1ccccc1NC(=O)CSc1ncc(CO)n1CC(=O)NCCC(C)C. The summed E-state index contributed by atoms with van der Waals surface area (Å²) in [6.45, 7) is 6.59. The molecular formula is C20H28N4O3S. The molecule has 8 heteroatoms. The van der Waals surface area contributed by atoms with Crippen molar-refractivity contribution in [2.45, 2.75) is 45.5 Å². The van der Waals surface area contributed by atoms with Gasteiger partial charge in [0.15, 0.2) is 5.16 Å². The van der Waals surface area contributed by atoms with Gasteiger partial charge in [0.1, 0.15) is 6.54 Å². The number of para-hydroxylation sites is 1. The Morgan fingerprint density at radius 3 is 2.68 bits per heavy atom. The zero-order valence-electron chi connectivity index (χ0n) is 16.6. The smallest absolute Gasteiger partial charge is 0.240 e. The van der Waals surface area contributed by atoms with Crippen LogP contribution in [0.15, 0.2) is 35.6 Å². The molecule has 0 unspecified atom stereocenters. The average Bonchev–Trinajstić information content (AvgIpc) is 3.03. The lowest BCUT2D eigenvalue weighted by Crippen LogP contribution is -2.30. The summed E-state index contributed by atoms with van der Waals surface area (Å²) in [5, 5.41) is 15.8. The van der Waals surface area contributed by atoms with Crippen molar-refractivity contribution in [3.8, 4) is 0 Å². The summed E-state index contributed by atoms with van der Waals surface area (Å²) in [5.41, 5.74) is 2.31. The molecule has 0 saturated heterocycles. The van der Waals surface area contributed by atoms with Gasteiger partial charge >= 0.3 is 0 Å². The van der Waals surface area contributed by atoms with Gasteiger partial charge in [0.25, 0.3) is 0 Å². The summed E-state index contributed by atoms with van der Waals surface area (Å²) in [4.78, 5) is 28.7. The fourth-order valence-corrected chi connectivity index (χ4v) is 3.33. The Kier molecular flexibility index (Phi) is 8.53. The van der Waals surface area contributed by atoms with E-state index < -0.39 is 0 Å². The lowest BCUT2D eigenvalue weighted by molar-refractivity contribution is -0.121.